The number of para-hydroxylation sites is 1. The number of carbonyl (C=O) groups excluding carboxylic acids is 1. The molecule has 1 heterocycles. The molecule has 1 amide bonds. The van der Waals surface area contributed by atoms with Gasteiger partial charge < -0.3 is 10.2 Å². The monoisotopic (exact) mass is 388 g/mol. The summed E-state index contributed by atoms with van der Waals surface area (Å²) in [6.07, 6.45) is -0.238. The Hall–Kier alpha value is -1.97. The maximum Gasteiger partial charge on any atom is 0.252 e. The number of carbonyl (C=O) groups is 1. The molecule has 3 rings (SSSR count). The molecule has 26 heavy (non-hydrogen) atoms. The van der Waals surface area contributed by atoms with Gasteiger partial charge in [-0.15, -0.1) is 0 Å². The highest BCUT2D eigenvalue weighted by atomic mass is 35.5. The van der Waals surface area contributed by atoms with Gasteiger partial charge in [0.2, 0.25) is 0 Å². The van der Waals surface area contributed by atoms with Gasteiger partial charge in [-0.2, -0.15) is 0 Å². The molecule has 0 spiro atoms. The summed E-state index contributed by atoms with van der Waals surface area (Å²) in [5.74, 6) is 0.0111. The topological polar surface area (TPSA) is 32.3 Å². The summed E-state index contributed by atoms with van der Waals surface area (Å²) < 4.78 is 0. The standard InChI is InChI=1S/C21H22Cl2N2O/c1-13-14(2)20(26)25(19(13)24-18-8-6-5-7-9-18)21(3,4)15-10-16(22)12-17(23)11-15/h5-12,19,24H,1-4H3. The molecule has 5 heteroatoms. The molecular formula is C21H22Cl2N2O. The Morgan fingerprint density at radius 1 is 1.00 bits per heavy atom. The zero-order chi connectivity index (χ0) is 19.1. The van der Waals surface area contributed by atoms with E-state index in [-0.39, 0.29) is 12.1 Å². The van der Waals surface area contributed by atoms with Crippen LogP contribution >= 0.6 is 23.2 Å². The average molecular weight is 389 g/mol. The van der Waals surface area contributed by atoms with Crippen molar-refractivity contribution < 1.29 is 4.79 Å². The van der Waals surface area contributed by atoms with Gasteiger partial charge >= 0.3 is 0 Å². The summed E-state index contributed by atoms with van der Waals surface area (Å²) in [6, 6.07) is 15.3. The van der Waals surface area contributed by atoms with E-state index in [9.17, 15) is 4.79 Å². The summed E-state index contributed by atoms with van der Waals surface area (Å²) >= 11 is 12.4. The zero-order valence-electron chi connectivity index (χ0n) is 15.3. The number of anilines is 1. The van der Waals surface area contributed by atoms with Crippen molar-refractivity contribution in [3.05, 3.63) is 75.3 Å². The highest BCUT2D eigenvalue weighted by molar-refractivity contribution is 6.34. The molecule has 1 atom stereocenters. The molecule has 136 valence electrons. The van der Waals surface area contributed by atoms with Gasteiger partial charge in [-0.1, -0.05) is 41.4 Å². The first-order valence-corrected chi connectivity index (χ1v) is 9.26. The first kappa shape index (κ1) is 18.8. The van der Waals surface area contributed by atoms with E-state index in [1.807, 2.05) is 75.1 Å². The van der Waals surface area contributed by atoms with Crippen LogP contribution in [0.15, 0.2) is 59.7 Å². The Morgan fingerprint density at radius 3 is 2.15 bits per heavy atom. The van der Waals surface area contributed by atoms with E-state index in [0.29, 0.717) is 10.0 Å². The lowest BCUT2D eigenvalue weighted by Crippen LogP contribution is -2.51. The molecular weight excluding hydrogens is 367 g/mol. The molecule has 2 aromatic carbocycles. The van der Waals surface area contributed by atoms with Gasteiger partial charge in [0.25, 0.3) is 5.91 Å². The molecule has 1 N–H and O–H groups in total. The molecule has 1 aliphatic heterocycles. The molecule has 0 saturated heterocycles. The molecule has 1 aliphatic rings. The first-order valence-electron chi connectivity index (χ1n) is 8.51. The largest absolute Gasteiger partial charge is 0.362 e. The summed E-state index contributed by atoms with van der Waals surface area (Å²) in [5, 5.41) is 4.60. The third-order valence-corrected chi connectivity index (χ3v) is 5.48. The predicted molar refractivity (Wildman–Crippen MR) is 109 cm³/mol. The molecule has 0 fully saturated rings. The van der Waals surface area contributed by atoms with E-state index in [1.165, 1.54) is 0 Å². The minimum Gasteiger partial charge on any atom is -0.362 e. The highest BCUT2D eigenvalue weighted by Crippen LogP contribution is 2.39. The van der Waals surface area contributed by atoms with Crippen molar-refractivity contribution >= 4 is 34.8 Å². The normalized spacial score (nSPS) is 17.8. The van der Waals surface area contributed by atoms with Crippen LogP contribution in [0.3, 0.4) is 0 Å². The van der Waals surface area contributed by atoms with E-state index < -0.39 is 5.54 Å². The van der Waals surface area contributed by atoms with Gasteiger partial charge in [0.15, 0.2) is 0 Å². The molecule has 0 aliphatic carbocycles. The number of amides is 1. The number of benzene rings is 2. The lowest BCUT2D eigenvalue weighted by atomic mass is 9.91. The second-order valence-electron chi connectivity index (χ2n) is 7.11. The van der Waals surface area contributed by atoms with Crippen molar-refractivity contribution in [3.8, 4) is 0 Å². The number of halogens is 2. The van der Waals surface area contributed by atoms with Gasteiger partial charge in [0.1, 0.15) is 6.17 Å². The predicted octanol–water partition coefficient (Wildman–Crippen LogP) is 5.85. The second-order valence-corrected chi connectivity index (χ2v) is 7.99. The van der Waals surface area contributed by atoms with Crippen LogP contribution in [0.2, 0.25) is 10.0 Å². The Balaban J connectivity index is 2.03. The summed E-state index contributed by atoms with van der Waals surface area (Å²) in [7, 11) is 0. The number of nitrogens with zero attached hydrogens (tertiary/aromatic N) is 1. The van der Waals surface area contributed by atoms with E-state index in [1.54, 1.807) is 6.07 Å². The van der Waals surface area contributed by atoms with Gasteiger partial charge in [0.05, 0.1) is 5.54 Å². The summed E-state index contributed by atoms with van der Waals surface area (Å²) in [5.41, 5.74) is 3.03. The third-order valence-electron chi connectivity index (χ3n) is 5.05. The molecule has 0 bridgehead atoms. The number of nitrogens with one attached hydrogen (secondary N) is 1. The maximum absolute atomic E-state index is 13.1. The fourth-order valence-electron chi connectivity index (χ4n) is 3.35. The summed E-state index contributed by atoms with van der Waals surface area (Å²) in [4.78, 5) is 14.9. The van der Waals surface area contributed by atoms with Crippen LogP contribution in [0.4, 0.5) is 5.69 Å². The van der Waals surface area contributed by atoms with Crippen LogP contribution in [0, 0.1) is 0 Å². The van der Waals surface area contributed by atoms with Crippen molar-refractivity contribution in [1.29, 1.82) is 0 Å². The van der Waals surface area contributed by atoms with Gasteiger partial charge in [0, 0.05) is 21.3 Å². The van der Waals surface area contributed by atoms with Crippen LogP contribution < -0.4 is 5.32 Å². The third kappa shape index (κ3) is 3.34. The zero-order valence-corrected chi connectivity index (χ0v) is 16.8. The van der Waals surface area contributed by atoms with E-state index in [4.69, 9.17) is 23.2 Å². The molecule has 0 radical (unpaired) electrons. The number of rotatable bonds is 4. The van der Waals surface area contributed by atoms with E-state index >= 15 is 0 Å². The van der Waals surface area contributed by atoms with Gasteiger partial charge in [-0.3, -0.25) is 4.79 Å². The van der Waals surface area contributed by atoms with Crippen molar-refractivity contribution in [1.82, 2.24) is 4.90 Å². The summed E-state index contributed by atoms with van der Waals surface area (Å²) in [6.45, 7) is 7.89. The fourth-order valence-corrected chi connectivity index (χ4v) is 3.88. The second kappa shape index (κ2) is 6.98. The van der Waals surface area contributed by atoms with Crippen LogP contribution in [0.5, 0.6) is 0 Å². The average Bonchev–Trinajstić information content (AvgIpc) is 2.79. The Morgan fingerprint density at radius 2 is 1.58 bits per heavy atom. The maximum atomic E-state index is 13.1. The van der Waals surface area contributed by atoms with Crippen LogP contribution in [-0.2, 0) is 10.3 Å². The smallest absolute Gasteiger partial charge is 0.252 e. The molecule has 2 aromatic rings. The number of hydrogen-bond donors (Lipinski definition) is 1. The lowest BCUT2D eigenvalue weighted by Gasteiger charge is -2.41. The highest BCUT2D eigenvalue weighted by Gasteiger charge is 2.44. The Labute approximate surface area is 164 Å². The molecule has 0 saturated carbocycles. The van der Waals surface area contributed by atoms with Crippen LogP contribution in [0.1, 0.15) is 33.3 Å². The fraction of sp³-hybridized carbons (Fsp3) is 0.286. The van der Waals surface area contributed by atoms with Gasteiger partial charge in [-0.25, -0.2) is 0 Å². The molecule has 1 unspecified atom stereocenters. The Kier molecular flexibility index (Phi) is 5.05. The minimum atomic E-state index is -0.600. The minimum absolute atomic E-state index is 0.0111. The van der Waals surface area contributed by atoms with Crippen molar-refractivity contribution in [3.63, 3.8) is 0 Å². The van der Waals surface area contributed by atoms with Gasteiger partial charge in [-0.05, 0) is 69.2 Å². The lowest BCUT2D eigenvalue weighted by molar-refractivity contribution is -0.132. The van der Waals surface area contributed by atoms with Crippen molar-refractivity contribution in [2.45, 2.75) is 39.4 Å². The SMILES string of the molecule is CC1=C(C)C(Nc2ccccc2)N(C(C)(C)c2cc(Cl)cc(Cl)c2)C1=O. The van der Waals surface area contributed by atoms with E-state index in [2.05, 4.69) is 5.32 Å². The quantitative estimate of drug-likeness (QED) is 0.712. The first-order chi connectivity index (χ1) is 12.2. The molecule has 0 aromatic heterocycles. The van der Waals surface area contributed by atoms with Crippen LogP contribution in [0.25, 0.3) is 0 Å². The van der Waals surface area contributed by atoms with Crippen molar-refractivity contribution in [2.24, 2.45) is 0 Å². The van der Waals surface area contributed by atoms with E-state index in [0.717, 1.165) is 22.4 Å². The van der Waals surface area contributed by atoms with Crippen LogP contribution in [-0.4, -0.2) is 17.0 Å². The number of hydrogen-bond acceptors (Lipinski definition) is 2. The Bertz CT molecular complexity index is 855. The van der Waals surface area contributed by atoms with Crippen molar-refractivity contribution in [2.75, 3.05) is 5.32 Å². The molecule has 3 nitrogen and oxygen atoms in total.